The number of benzene rings is 1. The molecule has 0 radical (unpaired) electrons. The number of hydrogen-bond donors (Lipinski definition) is 0. The van der Waals surface area contributed by atoms with Crippen LogP contribution in [0, 0.1) is 5.82 Å². The number of rotatable bonds is 5. The Hall–Kier alpha value is -2.27. The first kappa shape index (κ1) is 19.1. The minimum Gasteiger partial charge on any atom is -0.342 e. The molecule has 2 saturated heterocycles. The quantitative estimate of drug-likeness (QED) is 0.794. The average molecular weight is 381 g/mol. The van der Waals surface area contributed by atoms with Crippen LogP contribution in [0.25, 0.3) is 0 Å². The predicted molar refractivity (Wildman–Crippen MR) is 108 cm³/mol. The lowest BCUT2D eigenvalue weighted by Crippen LogP contribution is -2.43. The van der Waals surface area contributed by atoms with Gasteiger partial charge >= 0.3 is 0 Å². The maximum atomic E-state index is 13.4. The molecule has 2 fully saturated rings. The molecule has 148 valence electrons. The predicted octanol–water partition coefficient (Wildman–Crippen LogP) is 3.61. The molecule has 28 heavy (non-hydrogen) atoms. The Kier molecular flexibility index (Phi) is 6.01. The molecule has 0 bridgehead atoms. The van der Waals surface area contributed by atoms with Crippen LogP contribution in [0.15, 0.2) is 42.5 Å². The summed E-state index contributed by atoms with van der Waals surface area (Å²) in [5.41, 5.74) is 2.99. The molecule has 0 aliphatic carbocycles. The van der Waals surface area contributed by atoms with Crippen molar-refractivity contribution in [2.75, 3.05) is 32.7 Å². The number of carbonyl (C=O) groups excluding carboxylic acids is 1. The van der Waals surface area contributed by atoms with E-state index < -0.39 is 0 Å². The molecule has 0 unspecified atom stereocenters. The average Bonchev–Trinajstić information content (AvgIpc) is 3.24. The van der Waals surface area contributed by atoms with Gasteiger partial charge in [0, 0.05) is 43.4 Å². The summed E-state index contributed by atoms with van der Waals surface area (Å²) in [5, 5.41) is 0. The Morgan fingerprint density at radius 3 is 2.71 bits per heavy atom. The van der Waals surface area contributed by atoms with Crippen LogP contribution in [0.3, 0.4) is 0 Å². The molecule has 2 aliphatic heterocycles. The Morgan fingerprint density at radius 1 is 1.07 bits per heavy atom. The van der Waals surface area contributed by atoms with Crippen LogP contribution in [0.2, 0.25) is 0 Å². The molecule has 0 spiro atoms. The molecule has 2 aromatic rings. The molecule has 2 aliphatic rings. The van der Waals surface area contributed by atoms with E-state index in [0.717, 1.165) is 68.8 Å². The van der Waals surface area contributed by atoms with Gasteiger partial charge in [0.1, 0.15) is 5.82 Å². The summed E-state index contributed by atoms with van der Waals surface area (Å²) < 4.78 is 13.4. The molecule has 1 amide bonds. The number of amides is 1. The maximum absolute atomic E-state index is 13.4. The number of piperidine rings is 1. The molecular weight excluding hydrogens is 353 g/mol. The molecule has 1 atom stereocenters. The van der Waals surface area contributed by atoms with Gasteiger partial charge in [0.2, 0.25) is 5.91 Å². The highest BCUT2D eigenvalue weighted by Crippen LogP contribution is 2.26. The van der Waals surface area contributed by atoms with Crippen molar-refractivity contribution in [2.45, 2.75) is 38.0 Å². The first-order chi connectivity index (χ1) is 13.7. The highest BCUT2D eigenvalue weighted by molar-refractivity contribution is 5.78. The number of nitrogens with zero attached hydrogens (tertiary/aromatic N) is 3. The van der Waals surface area contributed by atoms with Crippen molar-refractivity contribution in [3.63, 3.8) is 0 Å². The van der Waals surface area contributed by atoms with Gasteiger partial charge in [0.15, 0.2) is 0 Å². The summed E-state index contributed by atoms with van der Waals surface area (Å²) in [4.78, 5) is 21.6. The number of pyridine rings is 1. The van der Waals surface area contributed by atoms with Gasteiger partial charge in [-0.15, -0.1) is 0 Å². The van der Waals surface area contributed by atoms with E-state index in [1.54, 1.807) is 12.1 Å². The first-order valence-corrected chi connectivity index (χ1v) is 10.4. The van der Waals surface area contributed by atoms with Crippen LogP contribution in [0.1, 0.15) is 48.6 Å². The van der Waals surface area contributed by atoms with Crippen molar-refractivity contribution in [2.24, 2.45) is 0 Å². The second kappa shape index (κ2) is 8.82. The number of hydrogen-bond acceptors (Lipinski definition) is 3. The SMILES string of the molecule is O=C(CN1CCC[C@@H](c2cccc(Cc3cccc(F)c3)n2)C1)N1CCCC1. The van der Waals surface area contributed by atoms with Gasteiger partial charge in [-0.1, -0.05) is 18.2 Å². The third-order valence-corrected chi connectivity index (χ3v) is 5.84. The van der Waals surface area contributed by atoms with Crippen LogP contribution in [0.4, 0.5) is 4.39 Å². The summed E-state index contributed by atoms with van der Waals surface area (Å²) in [7, 11) is 0. The Balaban J connectivity index is 1.39. The Bertz CT molecular complexity index is 819. The Morgan fingerprint density at radius 2 is 1.89 bits per heavy atom. The lowest BCUT2D eigenvalue weighted by Gasteiger charge is -2.33. The highest BCUT2D eigenvalue weighted by Gasteiger charge is 2.26. The van der Waals surface area contributed by atoms with E-state index in [0.29, 0.717) is 18.9 Å². The van der Waals surface area contributed by atoms with Crippen LogP contribution >= 0.6 is 0 Å². The van der Waals surface area contributed by atoms with E-state index in [-0.39, 0.29) is 11.7 Å². The maximum Gasteiger partial charge on any atom is 0.236 e. The van der Waals surface area contributed by atoms with Crippen molar-refractivity contribution in [1.82, 2.24) is 14.8 Å². The van der Waals surface area contributed by atoms with E-state index >= 15 is 0 Å². The molecule has 0 saturated carbocycles. The lowest BCUT2D eigenvalue weighted by atomic mass is 9.94. The lowest BCUT2D eigenvalue weighted by molar-refractivity contribution is -0.131. The summed E-state index contributed by atoms with van der Waals surface area (Å²) >= 11 is 0. The Labute approximate surface area is 166 Å². The van der Waals surface area contributed by atoms with Gasteiger partial charge in [0.05, 0.1) is 6.54 Å². The molecule has 0 N–H and O–H groups in total. The highest BCUT2D eigenvalue weighted by atomic mass is 19.1. The standard InChI is InChI=1S/C23H28FN3O/c24-20-8-3-6-18(14-20)15-21-9-4-10-22(25-21)19-7-5-11-26(16-19)17-23(28)27-12-1-2-13-27/h3-4,6,8-10,14,19H,1-2,5,7,11-13,15-17H2/t19-/m1/s1. The zero-order valence-electron chi connectivity index (χ0n) is 16.3. The van der Waals surface area contributed by atoms with Crippen molar-refractivity contribution >= 4 is 5.91 Å². The van der Waals surface area contributed by atoms with Crippen LogP contribution < -0.4 is 0 Å². The van der Waals surface area contributed by atoms with Gasteiger partial charge in [-0.2, -0.15) is 0 Å². The van der Waals surface area contributed by atoms with Crippen LogP contribution in [-0.4, -0.2) is 53.4 Å². The number of halogens is 1. The molecular formula is C23H28FN3O. The van der Waals surface area contributed by atoms with Gasteiger partial charge < -0.3 is 4.90 Å². The zero-order valence-corrected chi connectivity index (χ0v) is 16.3. The fourth-order valence-electron chi connectivity index (χ4n) is 4.38. The van der Waals surface area contributed by atoms with Gasteiger partial charge in [0.25, 0.3) is 0 Å². The van der Waals surface area contributed by atoms with Crippen molar-refractivity contribution in [1.29, 1.82) is 0 Å². The van der Waals surface area contributed by atoms with E-state index in [1.807, 2.05) is 23.1 Å². The number of carbonyl (C=O) groups is 1. The number of likely N-dealkylation sites (tertiary alicyclic amines) is 2. The van der Waals surface area contributed by atoms with Crippen molar-refractivity contribution in [3.8, 4) is 0 Å². The van der Waals surface area contributed by atoms with E-state index in [1.165, 1.54) is 6.07 Å². The topological polar surface area (TPSA) is 36.4 Å². The monoisotopic (exact) mass is 381 g/mol. The number of aromatic nitrogens is 1. The summed E-state index contributed by atoms with van der Waals surface area (Å²) in [6.07, 6.45) is 5.10. The smallest absolute Gasteiger partial charge is 0.236 e. The van der Waals surface area contributed by atoms with Crippen LogP contribution in [-0.2, 0) is 11.2 Å². The van der Waals surface area contributed by atoms with Crippen molar-refractivity contribution < 1.29 is 9.18 Å². The van der Waals surface area contributed by atoms with Crippen LogP contribution in [0.5, 0.6) is 0 Å². The minimum absolute atomic E-state index is 0.209. The molecule has 5 heteroatoms. The van der Waals surface area contributed by atoms with E-state index in [2.05, 4.69) is 11.0 Å². The molecule has 1 aromatic heterocycles. The van der Waals surface area contributed by atoms with E-state index in [4.69, 9.17) is 4.98 Å². The normalized spacial score (nSPS) is 20.5. The molecule has 4 rings (SSSR count). The second-order valence-electron chi connectivity index (χ2n) is 8.02. The van der Waals surface area contributed by atoms with Gasteiger partial charge in [-0.25, -0.2) is 4.39 Å². The molecule has 3 heterocycles. The fourth-order valence-corrected chi connectivity index (χ4v) is 4.38. The molecule has 4 nitrogen and oxygen atoms in total. The fraction of sp³-hybridized carbons (Fsp3) is 0.478. The van der Waals surface area contributed by atoms with Gasteiger partial charge in [-0.05, 0) is 62.1 Å². The largest absolute Gasteiger partial charge is 0.342 e. The first-order valence-electron chi connectivity index (χ1n) is 10.4. The van der Waals surface area contributed by atoms with E-state index in [9.17, 15) is 9.18 Å². The summed E-state index contributed by atoms with van der Waals surface area (Å²) in [6, 6.07) is 12.9. The summed E-state index contributed by atoms with van der Waals surface area (Å²) in [5.74, 6) is 0.415. The third-order valence-electron chi connectivity index (χ3n) is 5.84. The zero-order chi connectivity index (χ0) is 19.3. The van der Waals surface area contributed by atoms with Gasteiger partial charge in [-0.3, -0.25) is 14.7 Å². The summed E-state index contributed by atoms with van der Waals surface area (Å²) in [6.45, 7) is 4.23. The third kappa shape index (κ3) is 4.76. The molecule has 1 aromatic carbocycles. The minimum atomic E-state index is -0.209. The second-order valence-corrected chi connectivity index (χ2v) is 8.02. The van der Waals surface area contributed by atoms with Crippen molar-refractivity contribution in [3.05, 3.63) is 65.2 Å².